The van der Waals surface area contributed by atoms with E-state index in [1.807, 2.05) is 35.2 Å². The molecule has 0 aliphatic carbocycles. The third-order valence-corrected chi connectivity index (χ3v) is 6.03. The molecule has 200 valence electrons. The molecular formula is C29H37NO7. The molecule has 0 aromatic heterocycles. The zero-order valence-corrected chi connectivity index (χ0v) is 21.7. The van der Waals surface area contributed by atoms with Crippen LogP contribution >= 0.6 is 0 Å². The molecule has 0 radical (unpaired) electrons. The monoisotopic (exact) mass is 511 g/mol. The number of carbonyl (C=O) groups is 2. The van der Waals surface area contributed by atoms with Crippen molar-refractivity contribution in [3.8, 4) is 17.2 Å². The van der Waals surface area contributed by atoms with E-state index < -0.39 is 5.97 Å². The van der Waals surface area contributed by atoms with Crippen molar-refractivity contribution in [2.24, 2.45) is 0 Å². The average Bonchev–Trinajstić information content (AvgIpc) is 3.43. The van der Waals surface area contributed by atoms with Gasteiger partial charge in [0, 0.05) is 30.6 Å². The fourth-order valence-corrected chi connectivity index (χ4v) is 4.28. The maximum atomic E-state index is 13.0. The molecule has 0 unspecified atom stereocenters. The predicted octanol–water partition coefficient (Wildman–Crippen LogP) is 4.89. The van der Waals surface area contributed by atoms with Gasteiger partial charge in [0.1, 0.15) is 17.2 Å². The van der Waals surface area contributed by atoms with Gasteiger partial charge in [-0.2, -0.15) is 0 Å². The lowest BCUT2D eigenvalue weighted by Crippen LogP contribution is -2.28. The van der Waals surface area contributed by atoms with Gasteiger partial charge in [0.15, 0.2) is 6.61 Å². The zero-order valence-electron chi connectivity index (χ0n) is 21.7. The van der Waals surface area contributed by atoms with E-state index in [1.165, 1.54) is 0 Å². The van der Waals surface area contributed by atoms with Crippen LogP contribution in [0.4, 0.5) is 0 Å². The first-order valence-electron chi connectivity index (χ1n) is 12.9. The van der Waals surface area contributed by atoms with Crippen molar-refractivity contribution in [3.63, 3.8) is 0 Å². The number of likely N-dealkylation sites (tertiary alicyclic amines) is 1. The van der Waals surface area contributed by atoms with Gasteiger partial charge in [0.05, 0.1) is 26.6 Å². The first kappa shape index (κ1) is 27.9. The summed E-state index contributed by atoms with van der Waals surface area (Å²) in [5.74, 6) is 0.987. The van der Waals surface area contributed by atoms with Crippen LogP contribution in [0.5, 0.6) is 17.2 Å². The summed E-state index contributed by atoms with van der Waals surface area (Å²) in [5.41, 5.74) is 2.48. The van der Waals surface area contributed by atoms with Gasteiger partial charge in [0.25, 0.3) is 5.91 Å². The van der Waals surface area contributed by atoms with Crippen LogP contribution < -0.4 is 14.2 Å². The van der Waals surface area contributed by atoms with Gasteiger partial charge < -0.3 is 29.0 Å². The van der Waals surface area contributed by atoms with Gasteiger partial charge in [0.2, 0.25) is 0 Å². The number of carboxylic acid groups (broad SMARTS) is 1. The molecule has 0 atom stereocenters. The van der Waals surface area contributed by atoms with E-state index in [4.69, 9.17) is 24.1 Å². The van der Waals surface area contributed by atoms with Gasteiger partial charge >= 0.3 is 5.97 Å². The van der Waals surface area contributed by atoms with E-state index in [-0.39, 0.29) is 12.5 Å². The molecule has 1 saturated heterocycles. The number of carboxylic acids is 1. The third kappa shape index (κ3) is 8.44. The molecule has 8 heteroatoms. The zero-order chi connectivity index (χ0) is 26.5. The molecule has 1 aliphatic heterocycles. The highest BCUT2D eigenvalue weighted by molar-refractivity contribution is 5.96. The largest absolute Gasteiger partial charge is 0.505 e. The molecule has 0 spiro atoms. The Morgan fingerprint density at radius 3 is 2.46 bits per heavy atom. The fraction of sp³-hybridized carbons (Fsp3) is 0.448. The summed E-state index contributed by atoms with van der Waals surface area (Å²) in [5, 5.41) is 8.92. The average molecular weight is 512 g/mol. The number of ether oxygens (including phenoxy) is 4. The Hall–Kier alpha value is -3.68. The third-order valence-electron chi connectivity index (χ3n) is 6.03. The van der Waals surface area contributed by atoms with Crippen molar-refractivity contribution in [2.75, 3.05) is 40.0 Å². The highest BCUT2D eigenvalue weighted by atomic mass is 16.5. The van der Waals surface area contributed by atoms with Crippen molar-refractivity contribution in [1.82, 2.24) is 4.90 Å². The van der Waals surface area contributed by atoms with Crippen LogP contribution in [0.2, 0.25) is 0 Å². The minimum atomic E-state index is -1.02. The second-order valence-electron chi connectivity index (χ2n) is 8.85. The summed E-state index contributed by atoms with van der Waals surface area (Å²) in [6.07, 6.45) is 8.43. The molecule has 1 N–H and O–H groups in total. The summed E-state index contributed by atoms with van der Waals surface area (Å²) >= 11 is 0. The van der Waals surface area contributed by atoms with Crippen LogP contribution in [0.15, 0.2) is 48.7 Å². The number of methoxy groups -OCH3 is 1. The first-order valence-corrected chi connectivity index (χ1v) is 12.9. The Bertz CT molecular complexity index is 1060. The van der Waals surface area contributed by atoms with Crippen LogP contribution in [0.1, 0.15) is 54.1 Å². The lowest BCUT2D eigenvalue weighted by atomic mass is 10.0. The van der Waals surface area contributed by atoms with Crippen LogP contribution in [0.25, 0.3) is 0 Å². The number of hydrogen-bond donors (Lipinski definition) is 1. The van der Waals surface area contributed by atoms with E-state index in [1.54, 1.807) is 25.5 Å². The van der Waals surface area contributed by atoms with E-state index in [2.05, 4.69) is 6.92 Å². The Morgan fingerprint density at radius 2 is 1.76 bits per heavy atom. The molecule has 1 aliphatic rings. The quantitative estimate of drug-likeness (QED) is 0.269. The van der Waals surface area contributed by atoms with Gasteiger partial charge in [-0.3, -0.25) is 4.79 Å². The van der Waals surface area contributed by atoms with Crippen LogP contribution in [-0.2, 0) is 22.4 Å². The molecule has 2 aromatic rings. The van der Waals surface area contributed by atoms with Gasteiger partial charge in [-0.05, 0) is 67.7 Å². The topological polar surface area (TPSA) is 94.5 Å². The van der Waals surface area contributed by atoms with E-state index in [9.17, 15) is 9.59 Å². The van der Waals surface area contributed by atoms with Crippen molar-refractivity contribution < 1.29 is 33.6 Å². The molecule has 8 nitrogen and oxygen atoms in total. The molecule has 2 aromatic carbocycles. The maximum absolute atomic E-state index is 13.0. The minimum Gasteiger partial charge on any atom is -0.505 e. The number of amides is 1. The molecule has 1 heterocycles. The van der Waals surface area contributed by atoms with Crippen LogP contribution in [0.3, 0.4) is 0 Å². The number of nitrogens with zero attached hydrogens (tertiary/aromatic N) is 1. The number of benzene rings is 2. The molecular weight excluding hydrogens is 474 g/mol. The maximum Gasteiger partial charge on any atom is 0.341 e. The molecule has 1 amide bonds. The summed E-state index contributed by atoms with van der Waals surface area (Å²) < 4.78 is 22.4. The number of carbonyl (C=O) groups excluding carboxylic acids is 1. The Labute approximate surface area is 218 Å². The number of aliphatic carboxylic acids is 1. The standard InChI is InChI=1S/C29H37NO7/c1-3-9-25-26(11-6-12-27(25)37-21-28(31)32)36-19-8-18-35-23-13-14-24(22(20-23)10-7-17-34-2)29(33)30-15-4-5-16-30/h6-7,11-14,17,20H,3-5,8-10,15-16,18-19,21H2,1-2H3,(H,31,32). The first-order chi connectivity index (χ1) is 18.0. The van der Waals surface area contributed by atoms with Gasteiger partial charge in [-0.1, -0.05) is 19.4 Å². The van der Waals surface area contributed by atoms with Gasteiger partial charge in [-0.25, -0.2) is 4.79 Å². The fourth-order valence-electron chi connectivity index (χ4n) is 4.28. The summed E-state index contributed by atoms with van der Waals surface area (Å²) in [7, 11) is 1.60. The van der Waals surface area contributed by atoms with Crippen molar-refractivity contribution >= 4 is 11.9 Å². The molecule has 0 saturated carbocycles. The predicted molar refractivity (Wildman–Crippen MR) is 141 cm³/mol. The summed E-state index contributed by atoms with van der Waals surface area (Å²) in [6.45, 7) is 4.16. The highest BCUT2D eigenvalue weighted by Gasteiger charge is 2.22. The Morgan fingerprint density at radius 1 is 1.03 bits per heavy atom. The SMILES string of the molecule is CCCc1c(OCCCOc2ccc(C(=O)N3CCCC3)c(CC=COC)c2)cccc1OCC(=O)O. The molecule has 3 rings (SSSR count). The lowest BCUT2D eigenvalue weighted by Gasteiger charge is -2.18. The smallest absolute Gasteiger partial charge is 0.341 e. The lowest BCUT2D eigenvalue weighted by molar-refractivity contribution is -0.139. The number of allylic oxidation sites excluding steroid dienone is 1. The molecule has 37 heavy (non-hydrogen) atoms. The normalized spacial score (nSPS) is 13.1. The Kier molecular flexibility index (Phi) is 11.1. The van der Waals surface area contributed by atoms with Crippen molar-refractivity contribution in [3.05, 3.63) is 65.4 Å². The number of hydrogen-bond acceptors (Lipinski definition) is 6. The van der Waals surface area contributed by atoms with Crippen LogP contribution in [0, 0.1) is 0 Å². The molecule has 1 fully saturated rings. The van der Waals surface area contributed by atoms with E-state index >= 15 is 0 Å². The Balaban J connectivity index is 1.57. The summed E-state index contributed by atoms with van der Waals surface area (Å²) in [6, 6.07) is 11.1. The van der Waals surface area contributed by atoms with Crippen molar-refractivity contribution in [2.45, 2.75) is 45.4 Å². The second kappa shape index (κ2) is 14.8. The van der Waals surface area contributed by atoms with Crippen LogP contribution in [-0.4, -0.2) is 61.9 Å². The summed E-state index contributed by atoms with van der Waals surface area (Å²) in [4.78, 5) is 25.8. The van der Waals surface area contributed by atoms with E-state index in [0.29, 0.717) is 48.9 Å². The van der Waals surface area contributed by atoms with E-state index in [0.717, 1.165) is 49.9 Å². The number of rotatable bonds is 15. The van der Waals surface area contributed by atoms with Crippen molar-refractivity contribution in [1.29, 1.82) is 0 Å². The minimum absolute atomic E-state index is 0.0655. The van der Waals surface area contributed by atoms with Gasteiger partial charge in [-0.15, -0.1) is 0 Å². The molecule has 0 bridgehead atoms. The highest BCUT2D eigenvalue weighted by Crippen LogP contribution is 2.30. The second-order valence-corrected chi connectivity index (χ2v) is 8.85.